The Morgan fingerprint density at radius 1 is 1.03 bits per heavy atom. The van der Waals surface area contributed by atoms with Gasteiger partial charge in [-0.15, -0.1) is 0 Å². The molecule has 186 valence electrons. The normalized spacial score (nSPS) is 14.6. The number of aliphatic hydroxyl groups excluding tert-OH is 1. The van der Waals surface area contributed by atoms with E-state index in [9.17, 15) is 10.6 Å². The zero-order valence-electron chi connectivity index (χ0n) is 21.0. The van der Waals surface area contributed by atoms with Crippen LogP contribution in [0, 0.1) is 0 Å². The molecule has 2 aromatic rings. The molecule has 0 saturated carbocycles. The first-order chi connectivity index (χ1) is 16.1. The third kappa shape index (κ3) is 8.04. The molecule has 2 rings (SSSR count). The molecule has 0 spiro atoms. The van der Waals surface area contributed by atoms with Crippen LogP contribution in [0.5, 0.6) is 11.5 Å². The lowest BCUT2D eigenvalue weighted by atomic mass is 10.1. The maximum Gasteiger partial charge on any atom is 0.192 e. The molecule has 0 unspecified atom stereocenters. The third-order valence-electron chi connectivity index (χ3n) is 6.14. The lowest BCUT2D eigenvalue weighted by Crippen LogP contribution is -2.52. The van der Waals surface area contributed by atoms with Crippen molar-refractivity contribution in [1.82, 2.24) is 0 Å². The van der Waals surface area contributed by atoms with Crippen molar-refractivity contribution in [2.45, 2.75) is 63.8 Å². The molecule has 0 heterocycles. The molecule has 0 aromatic heterocycles. The largest absolute Gasteiger partial charge is 0.497 e. The van der Waals surface area contributed by atoms with Crippen LogP contribution >= 0.6 is 0 Å². The summed E-state index contributed by atoms with van der Waals surface area (Å²) >= 11 is 0. The van der Waals surface area contributed by atoms with E-state index in [0.717, 1.165) is 5.56 Å². The number of ether oxygens (including phenoxy) is 3. The number of rotatable bonds is 13. The van der Waals surface area contributed by atoms with Gasteiger partial charge >= 0.3 is 0 Å². The maximum atomic E-state index is 10.3. The second-order valence-corrected chi connectivity index (χ2v) is 14.4. The van der Waals surface area contributed by atoms with Crippen molar-refractivity contribution in [2.75, 3.05) is 20.3 Å². The minimum Gasteiger partial charge on any atom is -0.497 e. The summed E-state index contributed by atoms with van der Waals surface area (Å²) < 4.78 is 23.9. The molecule has 0 aliphatic carbocycles. The number of nitrogens with zero attached hydrogens (tertiary/aromatic N) is 3. The Bertz CT molecular complexity index is 912. The summed E-state index contributed by atoms with van der Waals surface area (Å²) in [6.45, 7) is 10.7. The van der Waals surface area contributed by atoms with Crippen molar-refractivity contribution in [3.63, 3.8) is 0 Å². The van der Waals surface area contributed by atoms with Crippen LogP contribution in [0.4, 0.5) is 0 Å². The van der Waals surface area contributed by atoms with E-state index in [0.29, 0.717) is 11.5 Å². The highest BCUT2D eigenvalue weighted by Crippen LogP contribution is 2.38. The third-order valence-corrected chi connectivity index (χ3v) is 10.6. The Kier molecular flexibility index (Phi) is 10.4. The summed E-state index contributed by atoms with van der Waals surface area (Å²) in [5.41, 5.74) is 10.3. The van der Waals surface area contributed by atoms with Crippen LogP contribution in [0.1, 0.15) is 26.3 Å². The van der Waals surface area contributed by atoms with Crippen LogP contribution in [0.2, 0.25) is 18.1 Å². The predicted octanol–water partition coefficient (Wildman–Crippen LogP) is 5.72. The van der Waals surface area contributed by atoms with E-state index in [-0.39, 0.29) is 24.9 Å². The highest BCUT2D eigenvalue weighted by Gasteiger charge is 2.42. The number of benzene rings is 2. The summed E-state index contributed by atoms with van der Waals surface area (Å²) in [6, 6.07) is 16.1. The molecule has 34 heavy (non-hydrogen) atoms. The number of hydrogen-bond donors (Lipinski definition) is 1. The minimum absolute atomic E-state index is 0.0627. The monoisotopic (exact) mass is 487 g/mol. The first kappa shape index (κ1) is 27.7. The molecule has 0 aliphatic rings. The lowest BCUT2D eigenvalue weighted by molar-refractivity contribution is -0.0750. The van der Waals surface area contributed by atoms with E-state index in [1.54, 1.807) is 31.4 Å². The number of hydrogen-bond acceptors (Lipinski definition) is 6. The van der Waals surface area contributed by atoms with Crippen molar-refractivity contribution < 1.29 is 23.7 Å². The van der Waals surface area contributed by atoms with Gasteiger partial charge < -0.3 is 23.7 Å². The molecule has 0 bridgehead atoms. The van der Waals surface area contributed by atoms with Gasteiger partial charge in [0.1, 0.15) is 17.5 Å². The van der Waals surface area contributed by atoms with Gasteiger partial charge in [0.2, 0.25) is 0 Å². The van der Waals surface area contributed by atoms with Crippen LogP contribution in [-0.4, -0.2) is 52.0 Å². The second-order valence-electron chi connectivity index (χ2n) is 9.62. The van der Waals surface area contributed by atoms with Crippen molar-refractivity contribution in [3.05, 3.63) is 70.6 Å². The summed E-state index contributed by atoms with van der Waals surface area (Å²) in [7, 11) is -0.659. The summed E-state index contributed by atoms with van der Waals surface area (Å²) in [5, 5.41) is 14.2. The Morgan fingerprint density at radius 2 is 1.65 bits per heavy atom. The predicted molar refractivity (Wildman–Crippen MR) is 136 cm³/mol. The van der Waals surface area contributed by atoms with Crippen LogP contribution in [0.3, 0.4) is 0 Å². The van der Waals surface area contributed by atoms with E-state index in [1.165, 1.54) is 0 Å². The smallest absolute Gasteiger partial charge is 0.192 e. The number of azide groups is 1. The van der Waals surface area contributed by atoms with Crippen LogP contribution in [0.15, 0.2) is 59.7 Å². The average Bonchev–Trinajstić information content (AvgIpc) is 2.81. The molecular formula is C25H37N3O5Si. The molecule has 9 heteroatoms. The molecule has 0 saturated heterocycles. The van der Waals surface area contributed by atoms with Gasteiger partial charge in [0, 0.05) is 4.91 Å². The molecule has 2 aromatic carbocycles. The molecule has 0 aliphatic heterocycles. The van der Waals surface area contributed by atoms with E-state index >= 15 is 0 Å². The number of aliphatic hydroxyl groups is 1. The highest BCUT2D eigenvalue weighted by atomic mass is 28.4. The lowest BCUT2D eigenvalue weighted by Gasteiger charge is -2.41. The van der Waals surface area contributed by atoms with Gasteiger partial charge in [-0.1, -0.05) is 56.2 Å². The Balaban J connectivity index is 2.28. The molecule has 0 fully saturated rings. The van der Waals surface area contributed by atoms with Gasteiger partial charge in [-0.05, 0) is 53.5 Å². The molecule has 0 radical (unpaired) electrons. The zero-order valence-corrected chi connectivity index (χ0v) is 22.0. The summed E-state index contributed by atoms with van der Waals surface area (Å²) in [4.78, 5) is 3.03. The Labute approximate surface area is 203 Å². The van der Waals surface area contributed by atoms with E-state index < -0.39 is 26.6 Å². The SMILES string of the molecule is COc1ccc(OC[C@H](N=[N+]=[N-])[C@H](OCc2ccccc2)[C@@H](CO)O[Si](C)(C)C(C)(C)C)cc1. The van der Waals surface area contributed by atoms with Crippen molar-refractivity contribution in [3.8, 4) is 11.5 Å². The molecule has 3 atom stereocenters. The van der Waals surface area contributed by atoms with E-state index in [1.807, 2.05) is 30.3 Å². The molecule has 1 N–H and O–H groups in total. The first-order valence-electron chi connectivity index (χ1n) is 11.4. The van der Waals surface area contributed by atoms with Crippen LogP contribution in [-0.2, 0) is 15.8 Å². The van der Waals surface area contributed by atoms with Gasteiger partial charge in [-0.2, -0.15) is 0 Å². The van der Waals surface area contributed by atoms with Crippen LogP contribution < -0.4 is 9.47 Å². The average molecular weight is 488 g/mol. The van der Waals surface area contributed by atoms with E-state index in [4.69, 9.17) is 18.6 Å². The fourth-order valence-electron chi connectivity index (χ4n) is 3.11. The highest BCUT2D eigenvalue weighted by molar-refractivity contribution is 6.74. The fraction of sp³-hybridized carbons (Fsp3) is 0.520. The zero-order chi connectivity index (χ0) is 25.2. The van der Waals surface area contributed by atoms with Gasteiger partial charge in [-0.25, -0.2) is 0 Å². The van der Waals surface area contributed by atoms with Crippen molar-refractivity contribution >= 4 is 8.32 Å². The van der Waals surface area contributed by atoms with E-state index in [2.05, 4.69) is 43.9 Å². The van der Waals surface area contributed by atoms with Crippen LogP contribution in [0.25, 0.3) is 10.4 Å². The van der Waals surface area contributed by atoms with Gasteiger partial charge in [0.05, 0.1) is 39.1 Å². The first-order valence-corrected chi connectivity index (χ1v) is 14.3. The Morgan fingerprint density at radius 3 is 2.18 bits per heavy atom. The molecule has 0 amide bonds. The summed E-state index contributed by atoms with van der Waals surface area (Å²) in [5.74, 6) is 1.32. The minimum atomic E-state index is -2.26. The topological polar surface area (TPSA) is 106 Å². The maximum absolute atomic E-state index is 10.3. The number of methoxy groups -OCH3 is 1. The Hall–Kier alpha value is -2.55. The fourth-order valence-corrected chi connectivity index (χ4v) is 4.43. The summed E-state index contributed by atoms with van der Waals surface area (Å²) in [6.07, 6.45) is -1.40. The van der Waals surface area contributed by atoms with Gasteiger partial charge in [0.15, 0.2) is 8.32 Å². The molecular weight excluding hydrogens is 450 g/mol. The van der Waals surface area contributed by atoms with Gasteiger partial charge in [0.25, 0.3) is 0 Å². The standard InChI is InChI=1S/C25H37N3O5Si/c1-25(2,3)34(5,6)33-23(16-29)24(32-17-19-10-8-7-9-11-19)22(27-28-26)18-31-21-14-12-20(30-4)13-15-21/h7-15,22-24,29H,16-18H2,1-6H3/t22-,23+,24-/m0/s1. The molecule has 8 nitrogen and oxygen atoms in total. The second kappa shape index (κ2) is 12.8. The van der Waals surface area contributed by atoms with Gasteiger partial charge in [-0.3, -0.25) is 0 Å². The van der Waals surface area contributed by atoms with Crippen molar-refractivity contribution in [2.24, 2.45) is 5.11 Å². The van der Waals surface area contributed by atoms with Crippen molar-refractivity contribution in [1.29, 1.82) is 0 Å². The quantitative estimate of drug-likeness (QED) is 0.168.